The maximum atomic E-state index is 10.9. The fraction of sp³-hybridized carbons (Fsp3) is 0.462. The van der Waals surface area contributed by atoms with Crippen LogP contribution >= 0.6 is 0 Å². The molecule has 1 N–H and O–H groups in total. The van der Waals surface area contributed by atoms with Gasteiger partial charge in [-0.05, 0) is 13.8 Å². The number of rotatable bonds is 5. The van der Waals surface area contributed by atoms with E-state index in [1.807, 2.05) is 13.8 Å². The van der Waals surface area contributed by atoms with E-state index in [0.717, 1.165) is 0 Å². The smallest absolute Gasteiger partial charge is 0.310 e. The van der Waals surface area contributed by atoms with Crippen LogP contribution in [0, 0.1) is 16.0 Å². The summed E-state index contributed by atoms with van der Waals surface area (Å²) < 4.78 is 5.49. The molecule has 0 spiro atoms. The fourth-order valence-electron chi connectivity index (χ4n) is 2.04. The molecule has 108 valence electrons. The maximum Gasteiger partial charge on any atom is 0.310 e. The molecule has 2 rings (SSSR count). The van der Waals surface area contributed by atoms with Crippen LogP contribution in [0.1, 0.15) is 13.8 Å². The minimum Gasteiger partial charge on any atom is -0.491 e. The normalized spacial score (nSPS) is 15.1. The zero-order valence-corrected chi connectivity index (χ0v) is 11.3. The van der Waals surface area contributed by atoms with Crippen LogP contribution in [0.5, 0.6) is 5.75 Å². The average molecular weight is 280 g/mol. The lowest BCUT2D eigenvalue weighted by atomic mass is 9.99. The Morgan fingerprint density at radius 2 is 2.10 bits per heavy atom. The summed E-state index contributed by atoms with van der Waals surface area (Å²) in [6, 6.07) is 4.51. The molecule has 0 radical (unpaired) electrons. The minimum absolute atomic E-state index is 0.0584. The topological polar surface area (TPSA) is 92.9 Å². The van der Waals surface area contributed by atoms with E-state index in [1.54, 1.807) is 11.0 Å². The first-order chi connectivity index (χ1) is 9.36. The Labute approximate surface area is 115 Å². The quantitative estimate of drug-likeness (QED) is 0.654. The molecule has 1 heterocycles. The van der Waals surface area contributed by atoms with Gasteiger partial charge in [0.2, 0.25) is 0 Å². The molecule has 7 nitrogen and oxygen atoms in total. The highest BCUT2D eigenvalue weighted by atomic mass is 16.6. The first-order valence-corrected chi connectivity index (χ1v) is 6.30. The Balaban J connectivity index is 2.22. The van der Waals surface area contributed by atoms with E-state index >= 15 is 0 Å². The van der Waals surface area contributed by atoms with Crippen molar-refractivity contribution >= 4 is 17.3 Å². The summed E-state index contributed by atoms with van der Waals surface area (Å²) in [5, 5.41) is 19.8. The highest BCUT2D eigenvalue weighted by Crippen LogP contribution is 2.32. The number of benzene rings is 1. The molecule has 1 aliphatic rings. The lowest BCUT2D eigenvalue weighted by Gasteiger charge is -2.38. The monoisotopic (exact) mass is 280 g/mol. The van der Waals surface area contributed by atoms with Crippen molar-refractivity contribution in [2.24, 2.45) is 5.92 Å². The van der Waals surface area contributed by atoms with Crippen LogP contribution in [-0.2, 0) is 4.79 Å². The van der Waals surface area contributed by atoms with Crippen molar-refractivity contribution in [1.82, 2.24) is 0 Å². The number of non-ortho nitro benzene ring substituents is 1. The van der Waals surface area contributed by atoms with Crippen LogP contribution in [0.15, 0.2) is 18.2 Å². The lowest BCUT2D eigenvalue weighted by molar-refractivity contribution is -0.384. The fourth-order valence-corrected chi connectivity index (χ4v) is 2.04. The van der Waals surface area contributed by atoms with Crippen molar-refractivity contribution in [2.75, 3.05) is 18.0 Å². The summed E-state index contributed by atoms with van der Waals surface area (Å²) in [7, 11) is 0. The van der Waals surface area contributed by atoms with Crippen molar-refractivity contribution < 1.29 is 19.6 Å². The third kappa shape index (κ3) is 2.98. The number of aliphatic carboxylic acids is 1. The Morgan fingerprint density at radius 3 is 2.60 bits per heavy atom. The van der Waals surface area contributed by atoms with Gasteiger partial charge in [0.05, 0.1) is 23.0 Å². The highest BCUT2D eigenvalue weighted by molar-refractivity contribution is 5.75. The molecule has 1 aromatic carbocycles. The average Bonchev–Trinajstić information content (AvgIpc) is 2.24. The van der Waals surface area contributed by atoms with Gasteiger partial charge in [-0.3, -0.25) is 14.9 Å². The van der Waals surface area contributed by atoms with E-state index in [9.17, 15) is 14.9 Å². The molecule has 0 amide bonds. The van der Waals surface area contributed by atoms with Crippen LogP contribution < -0.4 is 9.64 Å². The van der Waals surface area contributed by atoms with E-state index in [2.05, 4.69) is 0 Å². The molecule has 0 unspecified atom stereocenters. The summed E-state index contributed by atoms with van der Waals surface area (Å²) in [6.07, 6.45) is -0.0898. The van der Waals surface area contributed by atoms with Gasteiger partial charge in [-0.2, -0.15) is 0 Å². The van der Waals surface area contributed by atoms with E-state index in [1.165, 1.54) is 12.1 Å². The van der Waals surface area contributed by atoms with Crippen LogP contribution in [0.4, 0.5) is 11.4 Å². The highest BCUT2D eigenvalue weighted by Gasteiger charge is 2.33. The molecule has 0 atom stereocenters. The number of nitrogens with zero attached hydrogens (tertiary/aromatic N) is 2. The Hall–Kier alpha value is -2.31. The largest absolute Gasteiger partial charge is 0.491 e. The second-order valence-corrected chi connectivity index (χ2v) is 5.05. The Morgan fingerprint density at radius 1 is 1.45 bits per heavy atom. The van der Waals surface area contributed by atoms with Crippen molar-refractivity contribution in [1.29, 1.82) is 0 Å². The van der Waals surface area contributed by atoms with E-state index in [-0.39, 0.29) is 11.8 Å². The van der Waals surface area contributed by atoms with Crippen molar-refractivity contribution in [3.8, 4) is 5.75 Å². The molecular formula is C13H16N2O5. The van der Waals surface area contributed by atoms with Crippen LogP contribution in [0.2, 0.25) is 0 Å². The molecule has 7 heteroatoms. The summed E-state index contributed by atoms with van der Waals surface area (Å²) >= 11 is 0. The molecular weight excluding hydrogens is 264 g/mol. The number of nitro groups is 1. The van der Waals surface area contributed by atoms with Gasteiger partial charge in [0.25, 0.3) is 5.69 Å². The maximum absolute atomic E-state index is 10.9. The molecule has 1 aromatic rings. The van der Waals surface area contributed by atoms with Crippen LogP contribution in [0.25, 0.3) is 0 Å². The predicted molar refractivity (Wildman–Crippen MR) is 72.2 cm³/mol. The standard InChI is InChI=1S/C13H16N2O5/c1-8(2)20-12-4-10(3-11(5-12)15(18)19)14-6-9(7-14)13(16)17/h3-5,8-9H,6-7H2,1-2H3,(H,16,17). The third-order valence-corrected chi connectivity index (χ3v) is 3.05. The van der Waals surface area contributed by atoms with Gasteiger partial charge in [-0.25, -0.2) is 0 Å². The Kier molecular flexibility index (Phi) is 3.78. The summed E-state index contributed by atoms with van der Waals surface area (Å²) in [6.45, 7) is 4.39. The number of ether oxygens (including phenoxy) is 1. The van der Waals surface area contributed by atoms with Crippen molar-refractivity contribution in [3.05, 3.63) is 28.3 Å². The number of hydrogen-bond acceptors (Lipinski definition) is 5. The number of anilines is 1. The third-order valence-electron chi connectivity index (χ3n) is 3.05. The zero-order chi connectivity index (χ0) is 14.9. The number of nitro benzene ring substituents is 1. The molecule has 1 aliphatic heterocycles. The van der Waals surface area contributed by atoms with Crippen molar-refractivity contribution in [3.63, 3.8) is 0 Å². The second-order valence-electron chi connectivity index (χ2n) is 5.05. The van der Waals surface area contributed by atoms with Gasteiger partial charge in [0.15, 0.2) is 0 Å². The van der Waals surface area contributed by atoms with E-state index in [0.29, 0.717) is 24.5 Å². The van der Waals surface area contributed by atoms with Gasteiger partial charge in [0.1, 0.15) is 5.75 Å². The van der Waals surface area contributed by atoms with Crippen LogP contribution in [-0.4, -0.2) is 35.2 Å². The molecule has 0 aliphatic carbocycles. The first-order valence-electron chi connectivity index (χ1n) is 6.30. The molecule has 1 saturated heterocycles. The second kappa shape index (κ2) is 5.36. The van der Waals surface area contributed by atoms with Crippen molar-refractivity contribution in [2.45, 2.75) is 20.0 Å². The summed E-state index contributed by atoms with van der Waals surface area (Å²) in [4.78, 5) is 23.0. The molecule has 0 bridgehead atoms. The number of carboxylic acid groups (broad SMARTS) is 1. The van der Waals surface area contributed by atoms with E-state index < -0.39 is 16.8 Å². The number of carboxylic acids is 1. The minimum atomic E-state index is -0.842. The van der Waals surface area contributed by atoms with E-state index in [4.69, 9.17) is 9.84 Å². The number of hydrogen-bond donors (Lipinski definition) is 1. The SMILES string of the molecule is CC(C)Oc1cc(N2CC(C(=O)O)C2)cc([N+](=O)[O-])c1. The molecule has 1 fully saturated rings. The lowest BCUT2D eigenvalue weighted by Crippen LogP contribution is -2.50. The predicted octanol–water partition coefficient (Wildman–Crippen LogP) is 1.90. The molecule has 0 saturated carbocycles. The van der Waals surface area contributed by atoms with Gasteiger partial charge in [-0.1, -0.05) is 0 Å². The molecule has 20 heavy (non-hydrogen) atoms. The van der Waals surface area contributed by atoms with Crippen LogP contribution in [0.3, 0.4) is 0 Å². The van der Waals surface area contributed by atoms with Gasteiger partial charge in [-0.15, -0.1) is 0 Å². The summed E-state index contributed by atoms with van der Waals surface area (Å²) in [5.74, 6) is -0.836. The zero-order valence-electron chi connectivity index (χ0n) is 11.3. The Bertz CT molecular complexity index is 538. The number of carbonyl (C=O) groups is 1. The van der Waals surface area contributed by atoms with Gasteiger partial charge < -0.3 is 14.7 Å². The van der Waals surface area contributed by atoms with Gasteiger partial charge >= 0.3 is 5.97 Å². The molecule has 0 aromatic heterocycles. The van der Waals surface area contributed by atoms with Gasteiger partial charge in [0, 0.05) is 30.9 Å². The first kappa shape index (κ1) is 14.1. The summed E-state index contributed by atoms with van der Waals surface area (Å²) in [5.41, 5.74) is 0.560.